The molecule has 2 atom stereocenters. The number of aliphatic hydroxyl groups is 1. The molecule has 0 saturated carbocycles. The molecule has 0 unspecified atom stereocenters. The van der Waals surface area contributed by atoms with Crippen molar-refractivity contribution in [3.05, 3.63) is 128 Å². The number of carbonyl (C=O) groups excluding carboxylic acids is 1. The van der Waals surface area contributed by atoms with Gasteiger partial charge < -0.3 is 15.2 Å². The maximum Gasteiger partial charge on any atom is 0.305 e. The van der Waals surface area contributed by atoms with Crippen molar-refractivity contribution < 1.29 is 14.6 Å². The molecule has 6 heterocycles. The van der Waals surface area contributed by atoms with Crippen molar-refractivity contribution in [2.45, 2.75) is 60.3 Å². The van der Waals surface area contributed by atoms with E-state index in [0.717, 1.165) is 102 Å². The van der Waals surface area contributed by atoms with Crippen molar-refractivity contribution in [3.63, 3.8) is 0 Å². The largest absolute Gasteiger partial charge is 0.511 e. The Bertz CT molecular complexity index is 2250. The fourth-order valence-corrected chi connectivity index (χ4v) is 7.89. The number of carbonyl (C=O) groups is 1. The normalized spacial score (nSPS) is 22.6. The third-order valence-electron chi connectivity index (χ3n) is 10.7. The average Bonchev–Trinajstić information content (AvgIpc) is 3.95. The van der Waals surface area contributed by atoms with Gasteiger partial charge in [0.2, 0.25) is 0 Å². The highest BCUT2D eigenvalue weighted by Gasteiger charge is 2.41. The van der Waals surface area contributed by atoms with Gasteiger partial charge in [0, 0.05) is 52.8 Å². The SMILES string of the molecule is CCC1=C(C)C2=NC1=CC1=C(C)C3=C(O)CC(=C4NC(=CC5=NC(=C2)C(c2cn(-c6ccccc6)nn2)=C5C)[C@@H](C)[C@@H]4CCC(=O)OC)C3=N1. The summed E-state index contributed by atoms with van der Waals surface area (Å²) in [5.41, 5.74) is 15.3. The maximum absolute atomic E-state index is 12.4. The fraction of sp³-hybridized carbons (Fsp3) is 0.300. The quantitative estimate of drug-likeness (QED) is 0.311. The number of allylic oxidation sites excluding steroid dienone is 12. The summed E-state index contributed by atoms with van der Waals surface area (Å²) in [6, 6.07) is 9.93. The smallest absolute Gasteiger partial charge is 0.305 e. The zero-order valence-electron chi connectivity index (χ0n) is 29.1. The molecule has 10 nitrogen and oxygen atoms in total. The van der Waals surface area contributed by atoms with E-state index in [2.05, 4.69) is 55.5 Å². The number of para-hydroxylation sites is 1. The van der Waals surface area contributed by atoms with Crippen LogP contribution < -0.4 is 5.32 Å². The second kappa shape index (κ2) is 12.0. The van der Waals surface area contributed by atoms with Crippen molar-refractivity contribution in [1.29, 1.82) is 0 Å². The Kier molecular flexibility index (Phi) is 7.62. The molecule has 1 aliphatic carbocycles. The van der Waals surface area contributed by atoms with E-state index in [-0.39, 0.29) is 24.2 Å². The zero-order valence-corrected chi connectivity index (χ0v) is 29.1. The number of esters is 1. The number of benzene rings is 1. The van der Waals surface area contributed by atoms with Crippen molar-refractivity contribution >= 4 is 28.7 Å². The number of nitrogens with one attached hydrogen (secondary N) is 1. The van der Waals surface area contributed by atoms with Gasteiger partial charge in [-0.3, -0.25) is 4.79 Å². The van der Waals surface area contributed by atoms with Gasteiger partial charge in [-0.25, -0.2) is 19.7 Å². The summed E-state index contributed by atoms with van der Waals surface area (Å²) < 4.78 is 6.81. The molecule has 0 radical (unpaired) electrons. The summed E-state index contributed by atoms with van der Waals surface area (Å²) in [5, 5.41) is 24.2. The van der Waals surface area contributed by atoms with Crippen LogP contribution in [-0.4, -0.2) is 50.3 Å². The first-order valence-corrected chi connectivity index (χ1v) is 17.2. The lowest BCUT2D eigenvalue weighted by Gasteiger charge is -2.17. The predicted octanol–water partition coefficient (Wildman–Crippen LogP) is 7.35. The molecule has 8 bridgehead atoms. The van der Waals surface area contributed by atoms with Gasteiger partial charge in [-0.05, 0) is 86.3 Å². The van der Waals surface area contributed by atoms with Crippen molar-refractivity contribution in [3.8, 4) is 5.69 Å². The summed E-state index contributed by atoms with van der Waals surface area (Å²) in [7, 11) is 1.42. The van der Waals surface area contributed by atoms with Crippen LogP contribution in [0.5, 0.6) is 0 Å². The van der Waals surface area contributed by atoms with Crippen LogP contribution >= 0.6 is 0 Å². The van der Waals surface area contributed by atoms with Crippen molar-refractivity contribution in [2.75, 3.05) is 7.11 Å². The van der Waals surface area contributed by atoms with E-state index in [1.54, 1.807) is 4.68 Å². The third-order valence-corrected chi connectivity index (χ3v) is 10.7. The lowest BCUT2D eigenvalue weighted by atomic mass is 9.86. The van der Waals surface area contributed by atoms with Gasteiger partial charge in [0.15, 0.2) is 0 Å². The maximum atomic E-state index is 12.4. The predicted molar refractivity (Wildman–Crippen MR) is 195 cm³/mol. The van der Waals surface area contributed by atoms with Gasteiger partial charge in [-0.1, -0.05) is 37.3 Å². The molecular formula is C40H39N7O3. The second-order valence-electron chi connectivity index (χ2n) is 13.5. The topological polar surface area (TPSA) is 126 Å². The zero-order chi connectivity index (χ0) is 34.8. The first-order valence-electron chi connectivity index (χ1n) is 17.2. The molecule has 2 aromatic rings. The van der Waals surface area contributed by atoms with E-state index in [0.29, 0.717) is 18.6 Å². The molecule has 0 amide bonds. The molecule has 1 fully saturated rings. The lowest BCUT2D eigenvalue weighted by molar-refractivity contribution is -0.140. The Morgan fingerprint density at radius 1 is 0.980 bits per heavy atom. The van der Waals surface area contributed by atoms with E-state index in [4.69, 9.17) is 19.7 Å². The summed E-state index contributed by atoms with van der Waals surface area (Å²) >= 11 is 0. The number of aliphatic imine (C=N–C) groups is 3. The van der Waals surface area contributed by atoms with Crippen LogP contribution in [0.3, 0.4) is 0 Å². The molecule has 10 heteroatoms. The molecule has 5 aliphatic heterocycles. The number of methoxy groups -OCH3 is 1. The summed E-state index contributed by atoms with van der Waals surface area (Å²) in [6.45, 7) is 10.5. The van der Waals surface area contributed by atoms with Crippen molar-refractivity contribution in [2.24, 2.45) is 26.8 Å². The Labute approximate surface area is 291 Å². The van der Waals surface area contributed by atoms with Crippen LogP contribution in [0.4, 0.5) is 0 Å². The standard InChI is InChI=1S/C40H39N7O3/c1-7-25-20(2)28-18-33-37(34-19-47(46-45-34)24-11-9-8-10-12-24)22(4)30(42-33)16-29-21(3)26(13-14-36(49)50-6)39(43-29)27-15-35(48)38-23(5)31(44-40(27)38)17-32(25)41-28/h8-12,16-19,21,26,43,48H,7,13-15H2,1-6H3/t21-,26-/m0/s1. The van der Waals surface area contributed by atoms with Crippen LogP contribution in [0.1, 0.15) is 66.0 Å². The van der Waals surface area contributed by atoms with Crippen LogP contribution in [0.25, 0.3) is 11.3 Å². The number of aliphatic hydroxyl groups excluding tert-OH is 1. The van der Waals surface area contributed by atoms with Gasteiger partial charge in [-0.2, -0.15) is 0 Å². The van der Waals surface area contributed by atoms with Gasteiger partial charge in [0.1, 0.15) is 11.5 Å². The Morgan fingerprint density at radius 3 is 2.50 bits per heavy atom. The number of hydrogen-bond donors (Lipinski definition) is 2. The number of hydrogen-bond acceptors (Lipinski definition) is 9. The van der Waals surface area contributed by atoms with Crippen LogP contribution in [0.15, 0.2) is 137 Å². The first kappa shape index (κ1) is 31.6. The summed E-state index contributed by atoms with van der Waals surface area (Å²) in [4.78, 5) is 27.9. The molecule has 0 spiro atoms. The third kappa shape index (κ3) is 5.00. The highest BCUT2D eigenvalue weighted by Crippen LogP contribution is 2.46. The van der Waals surface area contributed by atoms with E-state index in [1.165, 1.54) is 7.11 Å². The highest BCUT2D eigenvalue weighted by molar-refractivity contribution is 6.22. The lowest BCUT2D eigenvalue weighted by Crippen LogP contribution is -2.16. The molecule has 1 saturated heterocycles. The highest BCUT2D eigenvalue weighted by atomic mass is 16.5. The molecule has 6 aliphatic rings. The summed E-state index contributed by atoms with van der Waals surface area (Å²) in [6.07, 6.45) is 10.2. The Morgan fingerprint density at radius 2 is 1.74 bits per heavy atom. The number of aromatic nitrogens is 3. The molecule has 1 aromatic carbocycles. The molecular weight excluding hydrogens is 626 g/mol. The number of rotatable bonds is 6. The number of ether oxygens (including phenoxy) is 1. The fourth-order valence-electron chi connectivity index (χ4n) is 7.89. The van der Waals surface area contributed by atoms with Crippen LogP contribution in [0, 0.1) is 11.8 Å². The number of nitrogens with zero attached hydrogens (tertiary/aromatic N) is 6. The molecule has 252 valence electrons. The Hall–Kier alpha value is -5.64. The minimum Gasteiger partial charge on any atom is -0.511 e. The van der Waals surface area contributed by atoms with E-state index in [9.17, 15) is 9.90 Å². The Balaban J connectivity index is 1.33. The molecule has 1 aromatic heterocycles. The van der Waals surface area contributed by atoms with Crippen molar-refractivity contribution in [1.82, 2.24) is 20.3 Å². The number of fused-ring (bicyclic) bond motifs is 5. The van der Waals surface area contributed by atoms with Crippen LogP contribution in [-0.2, 0) is 9.53 Å². The van der Waals surface area contributed by atoms with Crippen LogP contribution in [0.2, 0.25) is 0 Å². The van der Waals surface area contributed by atoms with Gasteiger partial charge in [0.05, 0.1) is 53.2 Å². The van der Waals surface area contributed by atoms with E-state index in [1.807, 2.05) is 49.5 Å². The van der Waals surface area contributed by atoms with E-state index < -0.39 is 0 Å². The van der Waals surface area contributed by atoms with Gasteiger partial charge >= 0.3 is 5.97 Å². The first-order chi connectivity index (χ1) is 24.2. The second-order valence-corrected chi connectivity index (χ2v) is 13.5. The minimum absolute atomic E-state index is 0.0195. The van der Waals surface area contributed by atoms with E-state index >= 15 is 0 Å². The molecule has 50 heavy (non-hydrogen) atoms. The van der Waals surface area contributed by atoms with Gasteiger partial charge in [-0.15, -0.1) is 5.10 Å². The monoisotopic (exact) mass is 665 g/mol. The summed E-state index contributed by atoms with van der Waals surface area (Å²) in [5.74, 6) is 0.0808. The minimum atomic E-state index is -0.247. The van der Waals surface area contributed by atoms with Gasteiger partial charge in [0.25, 0.3) is 0 Å². The molecule has 8 rings (SSSR count). The average molecular weight is 666 g/mol. The molecule has 2 N–H and O–H groups in total.